The average molecular weight is 383 g/mol. The first kappa shape index (κ1) is 19.1. The van der Waals surface area contributed by atoms with Crippen LogP contribution in [-0.4, -0.2) is 44.0 Å². The molecule has 1 aromatic carbocycles. The molecule has 1 aliphatic carbocycles. The Hall–Kier alpha value is -2.21. The van der Waals surface area contributed by atoms with Crippen molar-refractivity contribution in [3.63, 3.8) is 0 Å². The van der Waals surface area contributed by atoms with Crippen LogP contribution in [0.5, 0.6) is 0 Å². The molecule has 3 atom stereocenters. The second-order valence-electron chi connectivity index (χ2n) is 9.37. The van der Waals surface area contributed by atoms with Crippen LogP contribution in [0.2, 0.25) is 0 Å². The molecule has 2 bridgehead atoms. The van der Waals surface area contributed by atoms with Crippen molar-refractivity contribution in [1.82, 2.24) is 14.5 Å². The fourth-order valence-electron chi connectivity index (χ4n) is 5.03. The first-order valence-corrected chi connectivity index (χ1v) is 10.0. The highest BCUT2D eigenvalue weighted by atomic mass is 16.3. The molecule has 1 saturated carbocycles. The Bertz CT molecular complexity index is 977. The summed E-state index contributed by atoms with van der Waals surface area (Å²) in [6.07, 6.45) is 2.34. The Balaban J connectivity index is 1.55. The van der Waals surface area contributed by atoms with Crippen molar-refractivity contribution in [3.05, 3.63) is 29.6 Å². The number of hydrogen-bond donors (Lipinski definition) is 1. The van der Waals surface area contributed by atoms with Crippen LogP contribution in [-0.2, 0) is 16.1 Å². The van der Waals surface area contributed by atoms with E-state index < -0.39 is 11.5 Å². The summed E-state index contributed by atoms with van der Waals surface area (Å²) in [5, 5.41) is 10.7. The van der Waals surface area contributed by atoms with E-state index in [-0.39, 0.29) is 29.7 Å². The number of aromatic nitrogens is 2. The third kappa shape index (κ3) is 2.54. The summed E-state index contributed by atoms with van der Waals surface area (Å²) < 4.78 is 1.89. The molecule has 150 valence electrons. The molecule has 0 spiro atoms. The standard InChI is InChI=1S/C22H29N3O3/c1-13-8-17-18(9-14(13)2)24(12-23-17)10-15(26)11-25-19(27)16-6-7-22(5,20(25)28)21(16,3)4/h8-9,12,15-16,26H,6-7,10-11H2,1-5H3/t15-,16-,22+/m1/s1. The van der Waals surface area contributed by atoms with Gasteiger partial charge in [-0.25, -0.2) is 4.98 Å². The number of β-amino-alcohol motifs (C(OH)–C–C–N with tert-alkyl or cyclic N) is 1. The average Bonchev–Trinajstić information content (AvgIpc) is 3.07. The van der Waals surface area contributed by atoms with Gasteiger partial charge in [-0.1, -0.05) is 20.8 Å². The number of nitrogens with zero attached hydrogens (tertiary/aromatic N) is 3. The Labute approximate surface area is 165 Å². The fraction of sp³-hybridized carbons (Fsp3) is 0.591. The van der Waals surface area contributed by atoms with E-state index in [4.69, 9.17) is 0 Å². The summed E-state index contributed by atoms with van der Waals surface area (Å²) >= 11 is 0. The minimum Gasteiger partial charge on any atom is -0.389 e. The number of carbonyl (C=O) groups is 2. The number of piperidine rings is 1. The summed E-state index contributed by atoms with van der Waals surface area (Å²) in [6.45, 7) is 10.4. The van der Waals surface area contributed by atoms with Crippen LogP contribution in [0.4, 0.5) is 0 Å². The number of likely N-dealkylation sites (tertiary alicyclic amines) is 1. The van der Waals surface area contributed by atoms with Crippen LogP contribution < -0.4 is 0 Å². The van der Waals surface area contributed by atoms with Crippen LogP contribution in [0, 0.1) is 30.6 Å². The van der Waals surface area contributed by atoms with E-state index in [1.54, 1.807) is 6.33 Å². The Kier molecular flexibility index (Phi) is 4.20. The van der Waals surface area contributed by atoms with Gasteiger partial charge in [0.15, 0.2) is 0 Å². The molecule has 2 aromatic rings. The molecule has 2 fully saturated rings. The molecule has 2 aliphatic rings. The number of imide groups is 1. The number of carbonyl (C=O) groups excluding carboxylic acids is 2. The maximum Gasteiger partial charge on any atom is 0.235 e. The predicted molar refractivity (Wildman–Crippen MR) is 107 cm³/mol. The number of aliphatic hydroxyl groups excluding tert-OH is 1. The normalized spacial score (nSPS) is 27.6. The second-order valence-corrected chi connectivity index (χ2v) is 9.37. The lowest BCUT2D eigenvalue weighted by molar-refractivity contribution is -0.169. The largest absolute Gasteiger partial charge is 0.389 e. The van der Waals surface area contributed by atoms with Gasteiger partial charge in [0.2, 0.25) is 11.8 Å². The third-order valence-corrected chi connectivity index (χ3v) is 7.54. The molecule has 1 saturated heterocycles. The van der Waals surface area contributed by atoms with Crippen molar-refractivity contribution < 1.29 is 14.7 Å². The topological polar surface area (TPSA) is 75.4 Å². The van der Waals surface area contributed by atoms with E-state index in [1.165, 1.54) is 10.5 Å². The lowest BCUT2D eigenvalue weighted by Gasteiger charge is -2.48. The smallest absolute Gasteiger partial charge is 0.235 e. The summed E-state index contributed by atoms with van der Waals surface area (Å²) in [7, 11) is 0. The summed E-state index contributed by atoms with van der Waals surface area (Å²) in [4.78, 5) is 31.8. The van der Waals surface area contributed by atoms with Gasteiger partial charge >= 0.3 is 0 Å². The summed E-state index contributed by atoms with van der Waals surface area (Å²) in [5.74, 6) is -0.426. The number of hydrogen-bond acceptors (Lipinski definition) is 4. The van der Waals surface area contributed by atoms with Crippen molar-refractivity contribution in [2.24, 2.45) is 16.7 Å². The molecule has 2 amide bonds. The molecule has 2 heterocycles. The maximum atomic E-state index is 13.1. The lowest BCUT2D eigenvalue weighted by atomic mass is 9.62. The number of rotatable bonds is 4. The number of fused-ring (bicyclic) bond motifs is 3. The molecule has 1 N–H and O–H groups in total. The second kappa shape index (κ2) is 6.14. The van der Waals surface area contributed by atoms with E-state index in [0.29, 0.717) is 6.54 Å². The van der Waals surface area contributed by atoms with Crippen LogP contribution >= 0.6 is 0 Å². The monoisotopic (exact) mass is 383 g/mol. The van der Waals surface area contributed by atoms with Gasteiger partial charge in [-0.15, -0.1) is 0 Å². The van der Waals surface area contributed by atoms with Gasteiger partial charge < -0.3 is 9.67 Å². The minimum absolute atomic E-state index is 0.0321. The molecule has 0 unspecified atom stereocenters. The lowest BCUT2D eigenvalue weighted by Crippen LogP contribution is -2.60. The van der Waals surface area contributed by atoms with E-state index in [0.717, 1.165) is 29.4 Å². The molecule has 28 heavy (non-hydrogen) atoms. The van der Waals surface area contributed by atoms with E-state index in [2.05, 4.69) is 11.1 Å². The van der Waals surface area contributed by atoms with Crippen LogP contribution in [0.15, 0.2) is 18.5 Å². The van der Waals surface area contributed by atoms with Gasteiger partial charge in [0.25, 0.3) is 0 Å². The van der Waals surface area contributed by atoms with Gasteiger partial charge in [0, 0.05) is 5.92 Å². The zero-order valence-corrected chi connectivity index (χ0v) is 17.3. The molecule has 1 aromatic heterocycles. The Morgan fingerprint density at radius 3 is 2.57 bits per heavy atom. The molecule has 0 radical (unpaired) electrons. The van der Waals surface area contributed by atoms with Crippen molar-refractivity contribution >= 4 is 22.8 Å². The van der Waals surface area contributed by atoms with E-state index in [1.807, 2.05) is 45.3 Å². The Morgan fingerprint density at radius 2 is 1.86 bits per heavy atom. The predicted octanol–water partition coefficient (Wildman–Crippen LogP) is 2.83. The molecular weight excluding hydrogens is 354 g/mol. The first-order valence-electron chi connectivity index (χ1n) is 10.0. The van der Waals surface area contributed by atoms with Gasteiger partial charge in [-0.05, 0) is 55.4 Å². The fourth-order valence-corrected chi connectivity index (χ4v) is 5.03. The number of benzene rings is 1. The van der Waals surface area contributed by atoms with E-state index in [9.17, 15) is 14.7 Å². The van der Waals surface area contributed by atoms with Crippen LogP contribution in [0.3, 0.4) is 0 Å². The molecule has 1 aliphatic heterocycles. The quantitative estimate of drug-likeness (QED) is 0.824. The van der Waals surface area contributed by atoms with Crippen molar-refractivity contribution in [2.45, 2.75) is 60.1 Å². The van der Waals surface area contributed by atoms with Gasteiger partial charge in [-0.3, -0.25) is 14.5 Å². The minimum atomic E-state index is -0.837. The zero-order chi connectivity index (χ0) is 20.4. The molecule has 6 nitrogen and oxygen atoms in total. The summed E-state index contributed by atoms with van der Waals surface area (Å²) in [5.41, 5.74) is 3.30. The van der Waals surface area contributed by atoms with Gasteiger partial charge in [0.05, 0.1) is 42.0 Å². The van der Waals surface area contributed by atoms with Crippen LogP contribution in [0.25, 0.3) is 11.0 Å². The van der Waals surface area contributed by atoms with Crippen molar-refractivity contribution in [3.8, 4) is 0 Å². The Morgan fingerprint density at radius 1 is 1.18 bits per heavy atom. The first-order chi connectivity index (χ1) is 13.1. The van der Waals surface area contributed by atoms with Crippen molar-refractivity contribution in [2.75, 3.05) is 6.54 Å². The maximum absolute atomic E-state index is 13.1. The molecule has 4 rings (SSSR count). The number of imidazole rings is 1. The molecular formula is C22H29N3O3. The van der Waals surface area contributed by atoms with Gasteiger partial charge in [0.1, 0.15) is 0 Å². The van der Waals surface area contributed by atoms with Crippen LogP contribution in [0.1, 0.15) is 44.7 Å². The number of aryl methyl sites for hydroxylation is 2. The number of aliphatic hydroxyl groups is 1. The SMILES string of the molecule is Cc1cc2ncn(C[C@@H](O)CN3C(=O)[C@H]4CC[C@@](C)(C3=O)C4(C)C)c2cc1C. The van der Waals surface area contributed by atoms with Gasteiger partial charge in [-0.2, -0.15) is 0 Å². The summed E-state index contributed by atoms with van der Waals surface area (Å²) in [6, 6.07) is 4.09. The highest BCUT2D eigenvalue weighted by Gasteiger charge is 2.64. The number of amides is 2. The zero-order valence-electron chi connectivity index (χ0n) is 17.3. The highest BCUT2D eigenvalue weighted by molar-refractivity contribution is 6.03. The van der Waals surface area contributed by atoms with E-state index >= 15 is 0 Å². The highest BCUT2D eigenvalue weighted by Crippen LogP contribution is 2.60. The molecule has 6 heteroatoms. The third-order valence-electron chi connectivity index (χ3n) is 7.54. The van der Waals surface area contributed by atoms with Crippen molar-refractivity contribution in [1.29, 1.82) is 0 Å².